The van der Waals surface area contributed by atoms with E-state index in [4.69, 9.17) is 0 Å². The summed E-state index contributed by atoms with van der Waals surface area (Å²) < 4.78 is 28.3. The van der Waals surface area contributed by atoms with Crippen LogP contribution in [0.4, 0.5) is 0 Å². The van der Waals surface area contributed by atoms with Crippen LogP contribution in [0.1, 0.15) is 38.2 Å². The minimum atomic E-state index is -3.59. The Morgan fingerprint density at radius 3 is 2.96 bits per heavy atom. The van der Waals surface area contributed by atoms with Crippen molar-refractivity contribution >= 4 is 21.8 Å². The summed E-state index contributed by atoms with van der Waals surface area (Å²) >= 11 is 0. The number of hydrogen-bond donors (Lipinski definition) is 1. The number of carbonyl (C=O) groups excluding carboxylic acids is 1. The number of nitrogens with one attached hydrogen (secondary N) is 1. The van der Waals surface area contributed by atoms with E-state index in [-0.39, 0.29) is 16.8 Å². The third kappa shape index (κ3) is 3.24. The van der Waals surface area contributed by atoms with Gasteiger partial charge in [-0.1, -0.05) is 19.1 Å². The van der Waals surface area contributed by atoms with Crippen molar-refractivity contribution < 1.29 is 13.2 Å². The standard InChI is InChI=1S/C16H21N3O3S/c1-2-6-15(20)17-12-7-5-10-19(11-12)16-13-8-3-4-9-14(13)23(21,22)18-16/h3-4,8-9,12H,2,5-7,10-11H2,1H3,(H,17,20). The smallest absolute Gasteiger partial charge is 0.285 e. The summed E-state index contributed by atoms with van der Waals surface area (Å²) in [6, 6.07) is 6.95. The van der Waals surface area contributed by atoms with Crippen LogP contribution in [0.25, 0.3) is 0 Å². The molecule has 2 heterocycles. The van der Waals surface area contributed by atoms with Crippen LogP contribution in [-0.2, 0) is 14.8 Å². The van der Waals surface area contributed by atoms with Gasteiger partial charge in [-0.15, -0.1) is 4.40 Å². The fourth-order valence-electron chi connectivity index (χ4n) is 3.13. The zero-order valence-corrected chi connectivity index (χ0v) is 14.0. The van der Waals surface area contributed by atoms with Crippen LogP contribution in [0.3, 0.4) is 0 Å². The molecule has 0 spiro atoms. The Hall–Kier alpha value is -1.89. The summed E-state index contributed by atoms with van der Waals surface area (Å²) in [5, 5.41) is 3.03. The lowest BCUT2D eigenvalue weighted by molar-refractivity contribution is -0.122. The molecule has 23 heavy (non-hydrogen) atoms. The van der Waals surface area contributed by atoms with Gasteiger partial charge in [-0.05, 0) is 31.4 Å². The molecule has 6 nitrogen and oxygen atoms in total. The predicted molar refractivity (Wildman–Crippen MR) is 87.8 cm³/mol. The van der Waals surface area contributed by atoms with Crippen LogP contribution >= 0.6 is 0 Å². The van der Waals surface area contributed by atoms with E-state index in [9.17, 15) is 13.2 Å². The molecule has 0 bridgehead atoms. The SMILES string of the molecule is CCCC(=O)NC1CCCN(C2=NS(=O)(=O)c3ccccc32)C1. The second-order valence-electron chi connectivity index (χ2n) is 5.99. The maximum atomic E-state index is 12.2. The normalized spacial score (nSPS) is 22.4. The van der Waals surface area contributed by atoms with Crippen molar-refractivity contribution in [2.45, 2.75) is 43.5 Å². The van der Waals surface area contributed by atoms with E-state index in [2.05, 4.69) is 9.71 Å². The van der Waals surface area contributed by atoms with Gasteiger partial charge in [0.2, 0.25) is 5.91 Å². The monoisotopic (exact) mass is 335 g/mol. The van der Waals surface area contributed by atoms with E-state index in [0.717, 1.165) is 25.8 Å². The first-order valence-electron chi connectivity index (χ1n) is 8.00. The van der Waals surface area contributed by atoms with Crippen LogP contribution < -0.4 is 5.32 Å². The molecule has 3 rings (SSSR count). The molecule has 124 valence electrons. The number of carbonyl (C=O) groups is 1. The van der Waals surface area contributed by atoms with E-state index in [0.29, 0.717) is 24.4 Å². The van der Waals surface area contributed by atoms with Crippen molar-refractivity contribution in [2.75, 3.05) is 13.1 Å². The summed E-state index contributed by atoms with van der Waals surface area (Å²) in [4.78, 5) is 14.0. The lowest BCUT2D eigenvalue weighted by Crippen LogP contribution is -2.49. The number of sulfonamides is 1. The zero-order chi connectivity index (χ0) is 16.4. The highest BCUT2D eigenvalue weighted by Crippen LogP contribution is 2.28. The van der Waals surface area contributed by atoms with E-state index in [1.165, 1.54) is 0 Å². The van der Waals surface area contributed by atoms with Gasteiger partial charge in [0.05, 0.1) is 0 Å². The van der Waals surface area contributed by atoms with Gasteiger partial charge in [-0.3, -0.25) is 4.79 Å². The molecule has 2 aliphatic heterocycles. The molecule has 0 saturated carbocycles. The Morgan fingerprint density at radius 2 is 2.17 bits per heavy atom. The lowest BCUT2D eigenvalue weighted by Gasteiger charge is -2.34. The molecule has 1 saturated heterocycles. The first kappa shape index (κ1) is 16.0. The third-order valence-corrected chi connectivity index (χ3v) is 5.50. The molecule has 7 heteroatoms. The maximum Gasteiger partial charge on any atom is 0.285 e. The first-order chi connectivity index (χ1) is 11.0. The minimum absolute atomic E-state index is 0.0426. The molecule has 1 amide bonds. The molecular formula is C16H21N3O3S. The topological polar surface area (TPSA) is 78.8 Å². The molecule has 1 aromatic rings. The number of piperidine rings is 1. The van der Waals surface area contributed by atoms with Crippen molar-refractivity contribution in [1.29, 1.82) is 0 Å². The molecule has 0 aliphatic carbocycles. The van der Waals surface area contributed by atoms with Crippen LogP contribution in [-0.4, -0.2) is 44.2 Å². The molecule has 1 unspecified atom stereocenters. The van der Waals surface area contributed by atoms with Gasteiger partial charge in [-0.2, -0.15) is 8.42 Å². The average Bonchev–Trinajstić information content (AvgIpc) is 2.80. The number of amides is 1. The fourth-order valence-corrected chi connectivity index (χ4v) is 4.36. The zero-order valence-electron chi connectivity index (χ0n) is 13.2. The minimum Gasteiger partial charge on any atom is -0.353 e. The third-order valence-electron chi connectivity index (χ3n) is 4.18. The van der Waals surface area contributed by atoms with Crippen molar-refractivity contribution in [3.63, 3.8) is 0 Å². The summed E-state index contributed by atoms with van der Waals surface area (Å²) in [5.74, 6) is 0.566. The fraction of sp³-hybridized carbons (Fsp3) is 0.500. The molecular weight excluding hydrogens is 314 g/mol. The van der Waals surface area contributed by atoms with Gasteiger partial charge in [0.1, 0.15) is 4.90 Å². The number of hydrogen-bond acceptors (Lipinski definition) is 4. The molecule has 1 N–H and O–H groups in total. The second kappa shape index (κ2) is 6.31. The number of benzene rings is 1. The lowest BCUT2D eigenvalue weighted by atomic mass is 10.0. The highest BCUT2D eigenvalue weighted by molar-refractivity contribution is 7.90. The Bertz CT molecular complexity index is 743. The van der Waals surface area contributed by atoms with Gasteiger partial charge in [0, 0.05) is 31.1 Å². The molecule has 1 atom stereocenters. The molecule has 0 radical (unpaired) electrons. The van der Waals surface area contributed by atoms with Crippen LogP contribution in [0, 0.1) is 0 Å². The van der Waals surface area contributed by atoms with Gasteiger partial charge in [0.25, 0.3) is 10.0 Å². The number of fused-ring (bicyclic) bond motifs is 1. The Kier molecular flexibility index (Phi) is 4.39. The van der Waals surface area contributed by atoms with Gasteiger partial charge >= 0.3 is 0 Å². The highest BCUT2D eigenvalue weighted by Gasteiger charge is 2.33. The number of nitrogens with zero attached hydrogens (tertiary/aromatic N) is 2. The van der Waals surface area contributed by atoms with E-state index < -0.39 is 10.0 Å². The van der Waals surface area contributed by atoms with Crippen LogP contribution in [0.15, 0.2) is 33.6 Å². The summed E-state index contributed by atoms with van der Waals surface area (Å²) in [6.07, 6.45) is 3.15. The van der Waals surface area contributed by atoms with Gasteiger partial charge in [-0.25, -0.2) is 0 Å². The van der Waals surface area contributed by atoms with E-state index in [1.807, 2.05) is 17.9 Å². The summed E-state index contributed by atoms with van der Waals surface area (Å²) in [7, 11) is -3.59. The van der Waals surface area contributed by atoms with Crippen molar-refractivity contribution in [2.24, 2.45) is 4.40 Å². The number of rotatable bonds is 3. The molecule has 0 aromatic heterocycles. The van der Waals surface area contributed by atoms with E-state index in [1.54, 1.807) is 18.2 Å². The molecule has 2 aliphatic rings. The van der Waals surface area contributed by atoms with Crippen molar-refractivity contribution in [3.8, 4) is 0 Å². The van der Waals surface area contributed by atoms with E-state index >= 15 is 0 Å². The average molecular weight is 335 g/mol. The summed E-state index contributed by atoms with van der Waals surface area (Å²) in [6.45, 7) is 3.32. The quantitative estimate of drug-likeness (QED) is 0.908. The van der Waals surface area contributed by atoms with Gasteiger partial charge < -0.3 is 10.2 Å². The Labute approximate surface area is 136 Å². The van der Waals surface area contributed by atoms with Crippen molar-refractivity contribution in [3.05, 3.63) is 29.8 Å². The van der Waals surface area contributed by atoms with Crippen molar-refractivity contribution in [1.82, 2.24) is 10.2 Å². The van der Waals surface area contributed by atoms with Crippen LogP contribution in [0.5, 0.6) is 0 Å². The van der Waals surface area contributed by atoms with Crippen LogP contribution in [0.2, 0.25) is 0 Å². The summed E-state index contributed by atoms with van der Waals surface area (Å²) in [5.41, 5.74) is 0.660. The second-order valence-corrected chi connectivity index (χ2v) is 7.56. The Morgan fingerprint density at radius 1 is 1.39 bits per heavy atom. The largest absolute Gasteiger partial charge is 0.353 e. The van der Waals surface area contributed by atoms with Gasteiger partial charge in [0.15, 0.2) is 5.84 Å². The number of amidine groups is 1. The Balaban J connectivity index is 1.79. The molecule has 1 aromatic carbocycles. The maximum absolute atomic E-state index is 12.2. The first-order valence-corrected chi connectivity index (χ1v) is 9.44. The predicted octanol–water partition coefficient (Wildman–Crippen LogP) is 1.52. The molecule has 1 fully saturated rings. The highest BCUT2D eigenvalue weighted by atomic mass is 32.2. The number of likely N-dealkylation sites (tertiary alicyclic amines) is 1.